The number of aryl methyl sites for hydroxylation is 2. The van der Waals surface area contributed by atoms with E-state index >= 15 is 0 Å². The van der Waals surface area contributed by atoms with Crippen molar-refractivity contribution in [1.82, 2.24) is 14.3 Å². The molecular weight excluding hydrogens is 310 g/mol. The van der Waals surface area contributed by atoms with Crippen LogP contribution in [0.3, 0.4) is 0 Å². The summed E-state index contributed by atoms with van der Waals surface area (Å²) < 4.78 is 28.6. The van der Waals surface area contributed by atoms with Gasteiger partial charge in [-0.15, -0.1) is 0 Å². The molecule has 2 N–H and O–H groups in total. The summed E-state index contributed by atoms with van der Waals surface area (Å²) in [4.78, 5) is 4.07. The third-order valence-electron chi connectivity index (χ3n) is 3.09. The van der Waals surface area contributed by atoms with E-state index in [1.165, 1.54) is 17.5 Å². The Kier molecular flexibility index (Phi) is 5.15. The lowest BCUT2D eigenvalue weighted by Crippen LogP contribution is -2.28. The van der Waals surface area contributed by atoms with Gasteiger partial charge >= 0.3 is 0 Å². The first kappa shape index (κ1) is 16.2. The predicted octanol–water partition coefficient (Wildman–Crippen LogP) is 1.67. The van der Waals surface area contributed by atoms with Gasteiger partial charge in [0.2, 0.25) is 0 Å². The number of hydrogen-bond acceptors (Lipinski definition) is 5. The zero-order valence-electron chi connectivity index (χ0n) is 12.0. The molecule has 0 saturated heterocycles. The van der Waals surface area contributed by atoms with E-state index in [4.69, 9.17) is 0 Å². The number of nitrogens with one attached hydrogen (secondary N) is 1. The van der Waals surface area contributed by atoms with E-state index in [0.717, 1.165) is 13.0 Å². The van der Waals surface area contributed by atoms with Gasteiger partial charge in [0.1, 0.15) is 5.82 Å². The second-order valence-corrected chi connectivity index (χ2v) is 7.24. The quantitative estimate of drug-likeness (QED) is 0.809. The SMILES string of the molecule is CCCn1cc(S(=O)(=O)NCC(O)c2ccsc2)nc1C. The summed E-state index contributed by atoms with van der Waals surface area (Å²) in [5.41, 5.74) is 0.704. The van der Waals surface area contributed by atoms with E-state index in [1.807, 2.05) is 16.9 Å². The minimum atomic E-state index is -3.70. The Hall–Kier alpha value is -1.22. The average molecular weight is 329 g/mol. The maximum absolute atomic E-state index is 12.2. The summed E-state index contributed by atoms with van der Waals surface area (Å²) in [6.07, 6.45) is 1.57. The number of nitrogens with zero attached hydrogens (tertiary/aromatic N) is 2. The van der Waals surface area contributed by atoms with Crippen molar-refractivity contribution in [3.63, 3.8) is 0 Å². The number of aromatic nitrogens is 2. The van der Waals surface area contributed by atoms with Crippen LogP contribution in [0, 0.1) is 6.92 Å². The Morgan fingerprint density at radius 1 is 1.52 bits per heavy atom. The highest BCUT2D eigenvalue weighted by Crippen LogP contribution is 2.16. The van der Waals surface area contributed by atoms with Crippen molar-refractivity contribution < 1.29 is 13.5 Å². The van der Waals surface area contributed by atoms with Crippen molar-refractivity contribution in [2.75, 3.05) is 6.54 Å². The van der Waals surface area contributed by atoms with Gasteiger partial charge in [-0.2, -0.15) is 11.3 Å². The molecule has 0 radical (unpaired) electrons. The molecule has 0 fully saturated rings. The van der Waals surface area contributed by atoms with Crippen molar-refractivity contribution >= 4 is 21.4 Å². The van der Waals surface area contributed by atoms with Gasteiger partial charge in [0.25, 0.3) is 10.0 Å². The molecule has 2 aromatic rings. The van der Waals surface area contributed by atoms with Gasteiger partial charge in [0.05, 0.1) is 6.10 Å². The highest BCUT2D eigenvalue weighted by Gasteiger charge is 2.20. The van der Waals surface area contributed by atoms with Crippen molar-refractivity contribution in [2.45, 2.75) is 37.9 Å². The van der Waals surface area contributed by atoms with Gasteiger partial charge in [-0.3, -0.25) is 0 Å². The predicted molar refractivity (Wildman–Crippen MR) is 81.7 cm³/mol. The van der Waals surface area contributed by atoms with E-state index in [9.17, 15) is 13.5 Å². The molecule has 8 heteroatoms. The van der Waals surface area contributed by atoms with E-state index < -0.39 is 16.1 Å². The highest BCUT2D eigenvalue weighted by atomic mass is 32.2. The Morgan fingerprint density at radius 2 is 2.29 bits per heavy atom. The lowest BCUT2D eigenvalue weighted by Gasteiger charge is -2.09. The summed E-state index contributed by atoms with van der Waals surface area (Å²) in [6, 6.07) is 1.77. The number of thiophene rings is 1. The maximum Gasteiger partial charge on any atom is 0.259 e. The molecule has 0 bridgehead atoms. The number of hydrogen-bond donors (Lipinski definition) is 2. The summed E-state index contributed by atoms with van der Waals surface area (Å²) in [6.45, 7) is 4.45. The van der Waals surface area contributed by atoms with Crippen LogP contribution in [0.4, 0.5) is 0 Å². The molecule has 0 aliphatic heterocycles. The number of sulfonamides is 1. The fraction of sp³-hybridized carbons (Fsp3) is 0.462. The second-order valence-electron chi connectivity index (χ2n) is 4.74. The number of aliphatic hydroxyl groups is 1. The first-order chi connectivity index (χ1) is 9.94. The minimum Gasteiger partial charge on any atom is -0.387 e. The van der Waals surface area contributed by atoms with Gasteiger partial charge in [-0.05, 0) is 35.7 Å². The molecule has 2 aromatic heterocycles. The molecule has 2 heterocycles. The second kappa shape index (κ2) is 6.69. The third-order valence-corrected chi connectivity index (χ3v) is 5.08. The van der Waals surface area contributed by atoms with Crippen LogP contribution < -0.4 is 4.72 Å². The van der Waals surface area contributed by atoms with E-state index in [2.05, 4.69) is 9.71 Å². The summed E-state index contributed by atoms with van der Waals surface area (Å²) in [5.74, 6) is 0.663. The Balaban J connectivity index is 2.06. The standard InChI is InChI=1S/C13H19N3O3S2/c1-3-5-16-8-13(15-10(16)2)21(18,19)14-7-12(17)11-4-6-20-9-11/h4,6,8-9,12,14,17H,3,5,7H2,1-2H3. The first-order valence-electron chi connectivity index (χ1n) is 6.67. The van der Waals surface area contributed by atoms with Crippen molar-refractivity contribution in [1.29, 1.82) is 0 Å². The molecule has 0 aromatic carbocycles. The van der Waals surface area contributed by atoms with Crippen LogP contribution in [0.15, 0.2) is 28.0 Å². The Morgan fingerprint density at radius 3 is 2.90 bits per heavy atom. The minimum absolute atomic E-state index is 0.00836. The smallest absolute Gasteiger partial charge is 0.259 e. The summed E-state index contributed by atoms with van der Waals surface area (Å²) >= 11 is 1.46. The van der Waals surface area contributed by atoms with Crippen molar-refractivity contribution in [3.8, 4) is 0 Å². The molecule has 0 spiro atoms. The molecule has 2 rings (SSSR count). The Bertz CT molecular complexity index is 678. The lowest BCUT2D eigenvalue weighted by atomic mass is 10.2. The largest absolute Gasteiger partial charge is 0.387 e. The number of aliphatic hydroxyl groups excluding tert-OH is 1. The van der Waals surface area contributed by atoms with Crippen LogP contribution in [0.25, 0.3) is 0 Å². The van der Waals surface area contributed by atoms with Crippen LogP contribution in [0.2, 0.25) is 0 Å². The molecule has 21 heavy (non-hydrogen) atoms. The van der Waals surface area contributed by atoms with Crippen LogP contribution in [-0.4, -0.2) is 29.6 Å². The summed E-state index contributed by atoms with van der Waals surface area (Å²) in [5, 5.41) is 13.5. The fourth-order valence-corrected chi connectivity index (χ4v) is 3.67. The molecule has 6 nitrogen and oxygen atoms in total. The highest BCUT2D eigenvalue weighted by molar-refractivity contribution is 7.89. The maximum atomic E-state index is 12.2. The molecular formula is C13H19N3O3S2. The normalized spacial score (nSPS) is 13.5. The number of rotatable bonds is 7. The van der Waals surface area contributed by atoms with Gasteiger partial charge in [-0.25, -0.2) is 18.1 Å². The third kappa shape index (κ3) is 3.91. The van der Waals surface area contributed by atoms with Gasteiger partial charge < -0.3 is 9.67 Å². The van der Waals surface area contributed by atoms with Crippen LogP contribution in [0.1, 0.15) is 30.8 Å². The van der Waals surface area contributed by atoms with E-state index in [1.54, 1.807) is 18.4 Å². The molecule has 116 valence electrons. The molecule has 1 unspecified atom stereocenters. The van der Waals surface area contributed by atoms with Crippen LogP contribution in [0.5, 0.6) is 0 Å². The van der Waals surface area contributed by atoms with Crippen LogP contribution in [-0.2, 0) is 16.6 Å². The average Bonchev–Trinajstić information content (AvgIpc) is 3.07. The van der Waals surface area contributed by atoms with E-state index in [0.29, 0.717) is 11.4 Å². The summed E-state index contributed by atoms with van der Waals surface area (Å²) in [7, 11) is -3.70. The monoisotopic (exact) mass is 329 g/mol. The van der Waals surface area contributed by atoms with Gasteiger partial charge in [-0.1, -0.05) is 6.92 Å². The Labute approximate surface area is 128 Å². The molecule has 0 aliphatic rings. The van der Waals surface area contributed by atoms with Gasteiger partial charge in [0.15, 0.2) is 5.03 Å². The van der Waals surface area contributed by atoms with Crippen molar-refractivity contribution in [3.05, 3.63) is 34.4 Å². The zero-order chi connectivity index (χ0) is 15.5. The topological polar surface area (TPSA) is 84.2 Å². The number of imidazole rings is 1. The zero-order valence-corrected chi connectivity index (χ0v) is 13.6. The first-order valence-corrected chi connectivity index (χ1v) is 9.10. The molecule has 0 amide bonds. The molecule has 1 atom stereocenters. The van der Waals surface area contributed by atoms with Gasteiger partial charge in [0, 0.05) is 19.3 Å². The van der Waals surface area contributed by atoms with Crippen LogP contribution >= 0.6 is 11.3 Å². The lowest BCUT2D eigenvalue weighted by molar-refractivity contribution is 0.182. The van der Waals surface area contributed by atoms with Crippen molar-refractivity contribution in [2.24, 2.45) is 0 Å². The molecule has 0 saturated carbocycles. The van der Waals surface area contributed by atoms with E-state index in [-0.39, 0.29) is 11.6 Å². The fourth-order valence-electron chi connectivity index (χ4n) is 1.92. The molecule has 0 aliphatic carbocycles.